The van der Waals surface area contributed by atoms with Crippen molar-refractivity contribution < 1.29 is 9.72 Å². The van der Waals surface area contributed by atoms with Crippen LogP contribution in [0.4, 0.5) is 5.69 Å². The molecule has 0 radical (unpaired) electrons. The second-order valence-corrected chi connectivity index (χ2v) is 7.31. The van der Waals surface area contributed by atoms with E-state index >= 15 is 0 Å². The first-order valence-corrected chi connectivity index (χ1v) is 9.58. The van der Waals surface area contributed by atoms with Crippen molar-refractivity contribution in [3.63, 3.8) is 0 Å². The minimum atomic E-state index is -0.454. The molecule has 28 heavy (non-hydrogen) atoms. The summed E-state index contributed by atoms with van der Waals surface area (Å²) < 4.78 is 1.93. The topological polar surface area (TPSA) is 90.1 Å². The van der Waals surface area contributed by atoms with Crippen LogP contribution in [0.2, 0.25) is 0 Å². The molecule has 0 bridgehead atoms. The van der Waals surface area contributed by atoms with Crippen molar-refractivity contribution >= 4 is 29.0 Å². The molecule has 144 valence electrons. The second-order valence-electron chi connectivity index (χ2n) is 6.33. The summed E-state index contributed by atoms with van der Waals surface area (Å²) in [6.45, 7) is 4.35. The molecule has 0 aliphatic heterocycles. The van der Waals surface area contributed by atoms with Gasteiger partial charge in [0.05, 0.1) is 10.6 Å². The van der Waals surface area contributed by atoms with Gasteiger partial charge in [-0.3, -0.25) is 19.6 Å². The van der Waals surface area contributed by atoms with Crippen molar-refractivity contribution in [3.8, 4) is 0 Å². The van der Waals surface area contributed by atoms with Crippen molar-refractivity contribution in [1.29, 1.82) is 0 Å². The van der Waals surface area contributed by atoms with Gasteiger partial charge in [0.1, 0.15) is 6.04 Å². The minimum absolute atomic E-state index is 0.0188. The van der Waals surface area contributed by atoms with Gasteiger partial charge >= 0.3 is 0 Å². The number of nitro groups is 1. The fraction of sp³-hybridized carbons (Fsp3) is 0.200. The summed E-state index contributed by atoms with van der Waals surface area (Å²) >= 11 is 1.62. The number of benzene rings is 1. The van der Waals surface area contributed by atoms with Gasteiger partial charge in [0.2, 0.25) is 5.91 Å². The van der Waals surface area contributed by atoms with Crippen LogP contribution in [-0.4, -0.2) is 27.2 Å². The van der Waals surface area contributed by atoms with Gasteiger partial charge in [-0.1, -0.05) is 6.07 Å². The van der Waals surface area contributed by atoms with Gasteiger partial charge in [0.15, 0.2) is 0 Å². The molecule has 0 spiro atoms. The Bertz CT molecular complexity index is 991. The van der Waals surface area contributed by atoms with Crippen molar-refractivity contribution in [2.45, 2.75) is 19.9 Å². The van der Waals surface area contributed by atoms with E-state index in [0.29, 0.717) is 12.1 Å². The van der Waals surface area contributed by atoms with Crippen LogP contribution in [0.5, 0.6) is 0 Å². The molecule has 2 heterocycles. The number of carbonyl (C=O) groups excluding carboxylic acids is 1. The lowest BCUT2D eigenvalue weighted by Crippen LogP contribution is -2.30. The van der Waals surface area contributed by atoms with Crippen LogP contribution in [0.15, 0.2) is 53.9 Å². The number of rotatable bonds is 7. The molecular formula is C20H20N4O3S. The first kappa shape index (κ1) is 19.5. The Morgan fingerprint density at radius 3 is 2.64 bits per heavy atom. The Labute approximate surface area is 166 Å². The molecule has 1 N–H and O–H groups in total. The maximum atomic E-state index is 12.3. The van der Waals surface area contributed by atoms with E-state index in [9.17, 15) is 14.9 Å². The van der Waals surface area contributed by atoms with Gasteiger partial charge in [-0.05, 0) is 55.1 Å². The number of aromatic nitrogens is 2. The van der Waals surface area contributed by atoms with E-state index < -0.39 is 4.92 Å². The number of carbonyl (C=O) groups is 1. The standard InChI is InChI=1S/C20H20N4O3S/c1-14-12-15(2)23(22-14)18(19-4-3-11-28-19)13-21-20(25)10-7-16-5-8-17(9-6-16)24(26)27/h3-12,18H,13H2,1-2H3,(H,21,25)/b10-7+. The summed E-state index contributed by atoms with van der Waals surface area (Å²) in [5, 5.41) is 20.2. The Balaban J connectivity index is 1.67. The van der Waals surface area contributed by atoms with Crippen LogP contribution >= 0.6 is 11.3 Å². The Morgan fingerprint density at radius 2 is 2.07 bits per heavy atom. The number of nitrogens with zero attached hydrogens (tertiary/aromatic N) is 3. The molecular weight excluding hydrogens is 376 g/mol. The number of amides is 1. The van der Waals surface area contributed by atoms with Gasteiger partial charge in [0.25, 0.3) is 5.69 Å². The average Bonchev–Trinajstić information content (AvgIpc) is 3.31. The van der Waals surface area contributed by atoms with Crippen LogP contribution in [0, 0.1) is 24.0 Å². The van der Waals surface area contributed by atoms with Crippen LogP contribution in [0.3, 0.4) is 0 Å². The third-order valence-corrected chi connectivity index (χ3v) is 5.19. The first-order chi connectivity index (χ1) is 13.4. The molecule has 0 saturated heterocycles. The third kappa shape index (κ3) is 4.72. The SMILES string of the molecule is Cc1cc(C)n(C(CNC(=O)/C=C/c2ccc([N+](=O)[O-])cc2)c2cccs2)n1. The zero-order valence-corrected chi connectivity index (χ0v) is 16.3. The van der Waals surface area contributed by atoms with Gasteiger partial charge in [-0.25, -0.2) is 0 Å². The van der Waals surface area contributed by atoms with Crippen molar-refractivity contribution in [3.05, 3.63) is 85.9 Å². The summed E-state index contributed by atoms with van der Waals surface area (Å²) in [6.07, 6.45) is 3.05. The highest BCUT2D eigenvalue weighted by atomic mass is 32.1. The minimum Gasteiger partial charge on any atom is -0.350 e. The zero-order valence-electron chi connectivity index (χ0n) is 15.5. The molecule has 2 aromatic heterocycles. The van der Waals surface area contributed by atoms with E-state index in [1.165, 1.54) is 18.2 Å². The molecule has 3 aromatic rings. The maximum Gasteiger partial charge on any atom is 0.269 e. The fourth-order valence-corrected chi connectivity index (χ4v) is 3.70. The number of thiophene rings is 1. The highest BCUT2D eigenvalue weighted by Gasteiger charge is 2.18. The zero-order chi connectivity index (χ0) is 20.1. The van der Waals surface area contributed by atoms with Crippen LogP contribution in [0.1, 0.15) is 27.9 Å². The summed E-state index contributed by atoms with van der Waals surface area (Å²) in [4.78, 5) is 23.6. The van der Waals surface area contributed by atoms with Crippen LogP contribution in [-0.2, 0) is 4.79 Å². The monoisotopic (exact) mass is 396 g/mol. The van der Waals surface area contributed by atoms with E-state index in [1.807, 2.05) is 42.1 Å². The van der Waals surface area contributed by atoms with E-state index in [-0.39, 0.29) is 17.6 Å². The molecule has 1 aromatic carbocycles. The lowest BCUT2D eigenvalue weighted by atomic mass is 10.2. The highest BCUT2D eigenvalue weighted by Crippen LogP contribution is 2.24. The second kappa shape index (κ2) is 8.62. The number of hydrogen-bond donors (Lipinski definition) is 1. The maximum absolute atomic E-state index is 12.3. The van der Waals surface area contributed by atoms with Gasteiger partial charge < -0.3 is 5.32 Å². The predicted molar refractivity (Wildman–Crippen MR) is 109 cm³/mol. The average molecular weight is 396 g/mol. The van der Waals surface area contributed by atoms with Crippen molar-refractivity contribution in [2.24, 2.45) is 0 Å². The number of hydrogen-bond acceptors (Lipinski definition) is 5. The van der Waals surface area contributed by atoms with E-state index in [4.69, 9.17) is 0 Å². The van der Waals surface area contributed by atoms with Gasteiger partial charge in [0, 0.05) is 35.3 Å². The molecule has 0 fully saturated rings. The quantitative estimate of drug-likeness (QED) is 0.373. The number of nitrogens with one attached hydrogen (secondary N) is 1. The Kier molecular flexibility index (Phi) is 6.00. The molecule has 3 rings (SSSR count). The summed E-state index contributed by atoms with van der Waals surface area (Å²) in [6, 6.07) is 12.0. The van der Waals surface area contributed by atoms with E-state index in [2.05, 4.69) is 10.4 Å². The lowest BCUT2D eigenvalue weighted by Gasteiger charge is -2.18. The van der Waals surface area contributed by atoms with Gasteiger partial charge in [-0.2, -0.15) is 5.10 Å². The smallest absolute Gasteiger partial charge is 0.269 e. The number of non-ortho nitro benzene ring substituents is 1. The Morgan fingerprint density at radius 1 is 1.32 bits per heavy atom. The molecule has 8 heteroatoms. The molecule has 0 aliphatic carbocycles. The molecule has 1 amide bonds. The molecule has 0 saturated carbocycles. The third-order valence-electron chi connectivity index (χ3n) is 4.21. The van der Waals surface area contributed by atoms with Crippen LogP contribution in [0.25, 0.3) is 6.08 Å². The molecule has 7 nitrogen and oxygen atoms in total. The normalized spacial score (nSPS) is 12.2. The first-order valence-electron chi connectivity index (χ1n) is 8.70. The van der Waals surface area contributed by atoms with Crippen molar-refractivity contribution in [2.75, 3.05) is 6.54 Å². The fourth-order valence-electron chi connectivity index (χ4n) is 2.89. The Hall–Kier alpha value is -3.26. The van der Waals surface area contributed by atoms with E-state index in [0.717, 1.165) is 16.3 Å². The van der Waals surface area contributed by atoms with Crippen LogP contribution < -0.4 is 5.32 Å². The number of aryl methyl sites for hydroxylation is 2. The highest BCUT2D eigenvalue weighted by molar-refractivity contribution is 7.10. The number of nitro benzene ring substituents is 1. The summed E-state index contributed by atoms with van der Waals surface area (Å²) in [5.41, 5.74) is 2.70. The summed E-state index contributed by atoms with van der Waals surface area (Å²) in [5.74, 6) is -0.235. The predicted octanol–water partition coefficient (Wildman–Crippen LogP) is 3.89. The lowest BCUT2D eigenvalue weighted by molar-refractivity contribution is -0.384. The van der Waals surface area contributed by atoms with E-state index in [1.54, 1.807) is 29.5 Å². The van der Waals surface area contributed by atoms with Crippen molar-refractivity contribution in [1.82, 2.24) is 15.1 Å². The molecule has 0 aliphatic rings. The largest absolute Gasteiger partial charge is 0.350 e. The summed E-state index contributed by atoms with van der Waals surface area (Å²) in [7, 11) is 0. The van der Waals surface area contributed by atoms with Gasteiger partial charge in [-0.15, -0.1) is 11.3 Å². The molecule has 1 unspecified atom stereocenters. The molecule has 1 atom stereocenters.